The van der Waals surface area contributed by atoms with Crippen LogP contribution in [0.4, 0.5) is 10.2 Å². The molecule has 1 N–H and O–H groups in total. The molecule has 0 atom stereocenters. The molecule has 4 heterocycles. The van der Waals surface area contributed by atoms with Crippen LogP contribution in [0.3, 0.4) is 0 Å². The standard InChI is InChI=1S/C21H16BrFN6O2/c1-21(2)16-17(22)24-18(25-19(16)26-20(21)30)14-9-15(13-7-8-31-28-13)29(27-14)10-11-5-3-4-6-12(11)23/h3-9H,10H2,1-2H3,(H,24,25,26,30). The molecule has 1 aliphatic heterocycles. The van der Waals surface area contributed by atoms with Crippen LogP contribution in [-0.4, -0.2) is 30.8 Å². The van der Waals surface area contributed by atoms with Gasteiger partial charge in [0.05, 0.1) is 17.7 Å². The molecule has 3 aromatic heterocycles. The van der Waals surface area contributed by atoms with Gasteiger partial charge in [-0.3, -0.25) is 9.48 Å². The predicted octanol–water partition coefficient (Wildman–Crippen LogP) is 4.17. The minimum absolute atomic E-state index is 0.150. The Morgan fingerprint density at radius 1 is 1.19 bits per heavy atom. The maximum absolute atomic E-state index is 14.2. The molecule has 0 unspecified atom stereocenters. The highest BCUT2D eigenvalue weighted by molar-refractivity contribution is 9.10. The molecule has 1 aliphatic rings. The van der Waals surface area contributed by atoms with Crippen molar-refractivity contribution in [3.05, 3.63) is 64.2 Å². The van der Waals surface area contributed by atoms with E-state index in [0.29, 0.717) is 44.5 Å². The number of rotatable bonds is 4. The number of amides is 1. The molecule has 0 saturated carbocycles. The number of aromatic nitrogens is 5. The summed E-state index contributed by atoms with van der Waals surface area (Å²) in [6.07, 6.45) is 1.45. The average Bonchev–Trinajstić information content (AvgIpc) is 3.43. The van der Waals surface area contributed by atoms with Gasteiger partial charge in [-0.1, -0.05) is 23.4 Å². The second-order valence-corrected chi connectivity index (χ2v) is 8.44. The topological polar surface area (TPSA) is 98.7 Å². The molecule has 1 amide bonds. The highest BCUT2D eigenvalue weighted by atomic mass is 79.9. The molecule has 0 spiro atoms. The molecular weight excluding hydrogens is 467 g/mol. The molecule has 0 radical (unpaired) electrons. The van der Waals surface area contributed by atoms with Crippen molar-refractivity contribution < 1.29 is 13.7 Å². The third-order valence-electron chi connectivity index (χ3n) is 5.28. The van der Waals surface area contributed by atoms with Crippen molar-refractivity contribution in [2.45, 2.75) is 25.8 Å². The Hall–Kier alpha value is -3.40. The molecule has 0 saturated heterocycles. The summed E-state index contributed by atoms with van der Waals surface area (Å²) in [5.74, 6) is 0.286. The van der Waals surface area contributed by atoms with Crippen molar-refractivity contribution in [2.24, 2.45) is 0 Å². The van der Waals surface area contributed by atoms with Gasteiger partial charge in [0.15, 0.2) is 5.82 Å². The van der Waals surface area contributed by atoms with E-state index in [0.717, 1.165) is 0 Å². The van der Waals surface area contributed by atoms with E-state index in [1.807, 2.05) is 13.8 Å². The van der Waals surface area contributed by atoms with Gasteiger partial charge in [0.1, 0.15) is 33.9 Å². The lowest BCUT2D eigenvalue weighted by molar-refractivity contribution is -0.119. The van der Waals surface area contributed by atoms with Crippen molar-refractivity contribution >= 4 is 27.7 Å². The van der Waals surface area contributed by atoms with Gasteiger partial charge in [0.2, 0.25) is 5.91 Å². The quantitative estimate of drug-likeness (QED) is 0.438. The SMILES string of the molecule is CC1(C)C(=O)Nc2nc(-c3cc(-c4ccon4)n(Cc4ccccc4F)n3)nc(Br)c21. The first-order valence-corrected chi connectivity index (χ1v) is 10.3. The van der Waals surface area contributed by atoms with Crippen LogP contribution in [0.15, 0.2) is 51.8 Å². The van der Waals surface area contributed by atoms with Gasteiger partial charge < -0.3 is 9.84 Å². The zero-order chi connectivity index (χ0) is 21.8. The highest BCUT2D eigenvalue weighted by Gasteiger charge is 2.42. The lowest BCUT2D eigenvalue weighted by Crippen LogP contribution is -2.27. The first-order chi connectivity index (χ1) is 14.8. The van der Waals surface area contributed by atoms with Crippen LogP contribution in [0.5, 0.6) is 0 Å². The van der Waals surface area contributed by atoms with Crippen LogP contribution in [0.2, 0.25) is 0 Å². The van der Waals surface area contributed by atoms with E-state index in [9.17, 15) is 9.18 Å². The summed E-state index contributed by atoms with van der Waals surface area (Å²) >= 11 is 3.47. The second-order valence-electron chi connectivity index (χ2n) is 7.69. The summed E-state index contributed by atoms with van der Waals surface area (Å²) in [7, 11) is 0. The van der Waals surface area contributed by atoms with Gasteiger partial charge in [-0.2, -0.15) is 5.10 Å². The number of anilines is 1. The van der Waals surface area contributed by atoms with Crippen LogP contribution in [0.25, 0.3) is 22.9 Å². The van der Waals surface area contributed by atoms with Crippen molar-refractivity contribution in [3.63, 3.8) is 0 Å². The van der Waals surface area contributed by atoms with Crippen molar-refractivity contribution in [1.82, 2.24) is 24.9 Å². The molecule has 0 bridgehead atoms. The third kappa shape index (κ3) is 3.23. The molecule has 156 valence electrons. The maximum Gasteiger partial charge on any atom is 0.235 e. The van der Waals surface area contributed by atoms with Crippen LogP contribution in [-0.2, 0) is 16.8 Å². The van der Waals surface area contributed by atoms with E-state index in [4.69, 9.17) is 4.52 Å². The predicted molar refractivity (Wildman–Crippen MR) is 114 cm³/mol. The molecule has 1 aromatic carbocycles. The largest absolute Gasteiger partial charge is 0.364 e. The summed E-state index contributed by atoms with van der Waals surface area (Å²) < 4.78 is 21.4. The van der Waals surface area contributed by atoms with Gasteiger partial charge in [0, 0.05) is 17.2 Å². The smallest absolute Gasteiger partial charge is 0.235 e. The zero-order valence-corrected chi connectivity index (χ0v) is 18.1. The highest BCUT2D eigenvalue weighted by Crippen LogP contribution is 2.41. The fraction of sp³-hybridized carbons (Fsp3) is 0.190. The lowest BCUT2D eigenvalue weighted by atomic mass is 9.88. The molecule has 0 fully saturated rings. The lowest BCUT2D eigenvalue weighted by Gasteiger charge is -2.15. The number of carbonyl (C=O) groups excluding carboxylic acids is 1. The Morgan fingerprint density at radius 2 is 2.00 bits per heavy atom. The summed E-state index contributed by atoms with van der Waals surface area (Å²) in [6.45, 7) is 3.81. The van der Waals surface area contributed by atoms with Gasteiger partial charge in [-0.25, -0.2) is 14.4 Å². The van der Waals surface area contributed by atoms with Crippen LogP contribution < -0.4 is 5.32 Å². The van der Waals surface area contributed by atoms with Gasteiger partial charge in [-0.05, 0) is 41.9 Å². The Kier molecular flexibility index (Phi) is 4.47. The normalized spacial score (nSPS) is 14.5. The van der Waals surface area contributed by atoms with E-state index in [1.54, 1.807) is 35.0 Å². The number of halogens is 2. The van der Waals surface area contributed by atoms with E-state index in [-0.39, 0.29) is 18.3 Å². The Bertz CT molecular complexity index is 1320. The molecule has 10 heteroatoms. The molecule has 0 aliphatic carbocycles. The number of nitrogens with zero attached hydrogens (tertiary/aromatic N) is 5. The van der Waals surface area contributed by atoms with Crippen molar-refractivity contribution in [3.8, 4) is 22.9 Å². The number of hydrogen-bond donors (Lipinski definition) is 1. The Labute approximate surface area is 184 Å². The first-order valence-electron chi connectivity index (χ1n) is 9.46. The van der Waals surface area contributed by atoms with E-state index in [1.165, 1.54) is 12.3 Å². The average molecular weight is 483 g/mol. The summed E-state index contributed by atoms with van der Waals surface area (Å²) in [5.41, 5.74) is 2.05. The minimum Gasteiger partial charge on any atom is -0.364 e. The molecular formula is C21H16BrFN6O2. The zero-order valence-electron chi connectivity index (χ0n) is 16.6. The van der Waals surface area contributed by atoms with Crippen LogP contribution in [0, 0.1) is 5.82 Å². The maximum atomic E-state index is 14.2. The van der Waals surface area contributed by atoms with Gasteiger partial charge in [0.25, 0.3) is 0 Å². The van der Waals surface area contributed by atoms with Crippen molar-refractivity contribution in [2.75, 3.05) is 5.32 Å². The van der Waals surface area contributed by atoms with E-state index < -0.39 is 5.41 Å². The third-order valence-corrected chi connectivity index (χ3v) is 5.85. The van der Waals surface area contributed by atoms with Crippen molar-refractivity contribution in [1.29, 1.82) is 0 Å². The minimum atomic E-state index is -0.747. The number of carbonyl (C=O) groups is 1. The van der Waals surface area contributed by atoms with Gasteiger partial charge >= 0.3 is 0 Å². The monoisotopic (exact) mass is 482 g/mol. The van der Waals surface area contributed by atoms with E-state index >= 15 is 0 Å². The first kappa shape index (κ1) is 19.6. The fourth-order valence-corrected chi connectivity index (χ4v) is 4.41. The molecule has 4 aromatic rings. The summed E-state index contributed by atoms with van der Waals surface area (Å²) in [6, 6.07) is 9.96. The molecule has 8 nitrogen and oxygen atoms in total. The Balaban J connectivity index is 1.62. The number of benzene rings is 1. The number of nitrogens with one attached hydrogen (secondary N) is 1. The van der Waals surface area contributed by atoms with Crippen LogP contribution >= 0.6 is 15.9 Å². The van der Waals surface area contributed by atoms with E-state index in [2.05, 4.69) is 41.5 Å². The summed E-state index contributed by atoms with van der Waals surface area (Å²) in [5, 5.41) is 11.4. The Morgan fingerprint density at radius 3 is 2.74 bits per heavy atom. The number of hydrogen-bond acceptors (Lipinski definition) is 6. The van der Waals surface area contributed by atoms with Crippen LogP contribution in [0.1, 0.15) is 25.0 Å². The number of fused-ring (bicyclic) bond motifs is 1. The fourth-order valence-electron chi connectivity index (χ4n) is 3.55. The summed E-state index contributed by atoms with van der Waals surface area (Å²) in [4.78, 5) is 21.4. The van der Waals surface area contributed by atoms with Gasteiger partial charge in [-0.15, -0.1) is 0 Å². The second kappa shape index (κ2) is 7.09. The molecule has 5 rings (SSSR count). The molecule has 31 heavy (non-hydrogen) atoms.